The monoisotopic (exact) mass is 257 g/mol. The van der Waals surface area contributed by atoms with E-state index in [1.165, 1.54) is 0 Å². The number of nitrogens with one attached hydrogen (secondary N) is 1. The van der Waals surface area contributed by atoms with E-state index in [1.54, 1.807) is 31.4 Å². The summed E-state index contributed by atoms with van der Waals surface area (Å²) in [6, 6.07) is 6.94. The SMILES string of the molecule is COCCCNC(=O)COc1cccc(Cl)c1. The van der Waals surface area contributed by atoms with E-state index in [4.69, 9.17) is 21.1 Å². The van der Waals surface area contributed by atoms with Gasteiger partial charge in [0.25, 0.3) is 5.91 Å². The molecule has 94 valence electrons. The standard InChI is InChI=1S/C12H16ClNO3/c1-16-7-3-6-14-12(15)9-17-11-5-2-4-10(13)8-11/h2,4-5,8H,3,6-7,9H2,1H3,(H,14,15). The lowest BCUT2D eigenvalue weighted by Gasteiger charge is -2.07. The molecule has 0 atom stereocenters. The number of amides is 1. The van der Waals surface area contributed by atoms with Gasteiger partial charge in [0.05, 0.1) is 0 Å². The number of carbonyl (C=O) groups is 1. The summed E-state index contributed by atoms with van der Waals surface area (Å²) in [4.78, 5) is 11.4. The van der Waals surface area contributed by atoms with Gasteiger partial charge in [0, 0.05) is 25.3 Å². The molecule has 1 amide bonds. The molecule has 5 heteroatoms. The lowest BCUT2D eigenvalue weighted by atomic mass is 10.3. The zero-order valence-electron chi connectivity index (χ0n) is 9.74. The van der Waals surface area contributed by atoms with Crippen molar-refractivity contribution in [3.05, 3.63) is 29.3 Å². The predicted octanol–water partition coefficient (Wildman–Crippen LogP) is 1.87. The highest BCUT2D eigenvalue weighted by molar-refractivity contribution is 6.30. The van der Waals surface area contributed by atoms with Crippen LogP contribution in [0.1, 0.15) is 6.42 Å². The van der Waals surface area contributed by atoms with Gasteiger partial charge in [0.1, 0.15) is 5.75 Å². The van der Waals surface area contributed by atoms with E-state index in [-0.39, 0.29) is 12.5 Å². The van der Waals surface area contributed by atoms with Gasteiger partial charge in [-0.3, -0.25) is 4.79 Å². The first kappa shape index (κ1) is 13.8. The Kier molecular flexibility index (Phi) is 6.43. The summed E-state index contributed by atoms with van der Waals surface area (Å²) in [7, 11) is 1.63. The summed E-state index contributed by atoms with van der Waals surface area (Å²) in [5.41, 5.74) is 0. The van der Waals surface area contributed by atoms with Crippen LogP contribution in [0.2, 0.25) is 5.02 Å². The Morgan fingerprint density at radius 3 is 3.00 bits per heavy atom. The Hall–Kier alpha value is -1.26. The summed E-state index contributed by atoms with van der Waals surface area (Å²) in [5.74, 6) is 0.436. The van der Waals surface area contributed by atoms with E-state index >= 15 is 0 Å². The molecule has 0 aliphatic carbocycles. The minimum atomic E-state index is -0.152. The van der Waals surface area contributed by atoms with Crippen LogP contribution < -0.4 is 10.1 Å². The van der Waals surface area contributed by atoms with E-state index in [2.05, 4.69) is 5.32 Å². The Morgan fingerprint density at radius 1 is 1.47 bits per heavy atom. The van der Waals surface area contributed by atoms with Gasteiger partial charge in [0.15, 0.2) is 6.61 Å². The van der Waals surface area contributed by atoms with Crippen molar-refractivity contribution in [3.63, 3.8) is 0 Å². The minimum absolute atomic E-state index is 0.00662. The highest BCUT2D eigenvalue weighted by Crippen LogP contribution is 2.16. The van der Waals surface area contributed by atoms with Crippen LogP contribution in [0.3, 0.4) is 0 Å². The lowest BCUT2D eigenvalue weighted by Crippen LogP contribution is -2.30. The molecule has 1 rings (SSSR count). The molecule has 0 unspecified atom stereocenters. The van der Waals surface area contributed by atoms with Crippen LogP contribution in [0.15, 0.2) is 24.3 Å². The third-order valence-corrected chi connectivity index (χ3v) is 2.25. The van der Waals surface area contributed by atoms with Crippen molar-refractivity contribution in [2.75, 3.05) is 26.9 Å². The fraction of sp³-hybridized carbons (Fsp3) is 0.417. The summed E-state index contributed by atoms with van der Waals surface area (Å²) in [5, 5.41) is 3.31. The molecule has 1 aromatic rings. The maximum Gasteiger partial charge on any atom is 0.257 e. The molecule has 17 heavy (non-hydrogen) atoms. The summed E-state index contributed by atoms with van der Waals surface area (Å²) < 4.78 is 10.1. The van der Waals surface area contributed by atoms with Crippen molar-refractivity contribution in [2.24, 2.45) is 0 Å². The molecule has 0 heterocycles. The first-order valence-electron chi connectivity index (χ1n) is 5.36. The maximum atomic E-state index is 11.4. The predicted molar refractivity (Wildman–Crippen MR) is 66.4 cm³/mol. The van der Waals surface area contributed by atoms with E-state index in [9.17, 15) is 4.79 Å². The largest absolute Gasteiger partial charge is 0.484 e. The summed E-state index contributed by atoms with van der Waals surface area (Å²) in [6.07, 6.45) is 0.791. The molecule has 0 radical (unpaired) electrons. The van der Waals surface area contributed by atoms with Crippen molar-refractivity contribution in [1.29, 1.82) is 0 Å². The first-order chi connectivity index (χ1) is 8.22. The highest BCUT2D eigenvalue weighted by atomic mass is 35.5. The number of benzene rings is 1. The molecule has 4 nitrogen and oxygen atoms in total. The normalized spacial score (nSPS) is 10.0. The van der Waals surface area contributed by atoms with Crippen molar-refractivity contribution < 1.29 is 14.3 Å². The number of hydrogen-bond acceptors (Lipinski definition) is 3. The number of hydrogen-bond donors (Lipinski definition) is 1. The average Bonchev–Trinajstić information content (AvgIpc) is 2.32. The quantitative estimate of drug-likeness (QED) is 0.759. The smallest absolute Gasteiger partial charge is 0.257 e. The van der Waals surface area contributed by atoms with Crippen LogP contribution >= 0.6 is 11.6 Å². The molecule has 0 fully saturated rings. The van der Waals surface area contributed by atoms with Crippen LogP contribution in [0.4, 0.5) is 0 Å². The number of methoxy groups -OCH3 is 1. The first-order valence-corrected chi connectivity index (χ1v) is 5.74. The second-order valence-electron chi connectivity index (χ2n) is 3.44. The molecule has 0 saturated carbocycles. The van der Waals surface area contributed by atoms with Gasteiger partial charge in [-0.1, -0.05) is 17.7 Å². The third kappa shape index (κ3) is 6.14. The Balaban J connectivity index is 2.19. The van der Waals surface area contributed by atoms with Gasteiger partial charge in [0.2, 0.25) is 0 Å². The Labute approximate surface area is 106 Å². The topological polar surface area (TPSA) is 47.6 Å². The van der Waals surface area contributed by atoms with E-state index in [1.807, 2.05) is 0 Å². The van der Waals surface area contributed by atoms with E-state index < -0.39 is 0 Å². The van der Waals surface area contributed by atoms with Crippen LogP contribution in [0, 0.1) is 0 Å². The molecule has 0 aliphatic rings. The average molecular weight is 258 g/mol. The maximum absolute atomic E-state index is 11.4. The number of ether oxygens (including phenoxy) is 2. The third-order valence-electron chi connectivity index (χ3n) is 2.01. The Morgan fingerprint density at radius 2 is 2.29 bits per heavy atom. The number of halogens is 1. The lowest BCUT2D eigenvalue weighted by molar-refractivity contribution is -0.123. The van der Waals surface area contributed by atoms with Crippen molar-refractivity contribution in [3.8, 4) is 5.75 Å². The van der Waals surface area contributed by atoms with Gasteiger partial charge in [-0.05, 0) is 24.6 Å². The molecule has 0 bridgehead atoms. The summed E-state index contributed by atoms with van der Waals surface area (Å²) in [6.45, 7) is 1.22. The fourth-order valence-electron chi connectivity index (χ4n) is 1.20. The number of rotatable bonds is 7. The van der Waals surface area contributed by atoms with Gasteiger partial charge in [-0.15, -0.1) is 0 Å². The molecule has 0 spiro atoms. The summed E-state index contributed by atoms with van der Waals surface area (Å²) >= 11 is 5.78. The van der Waals surface area contributed by atoms with Crippen LogP contribution in [0.25, 0.3) is 0 Å². The Bertz CT molecular complexity index is 357. The van der Waals surface area contributed by atoms with Gasteiger partial charge < -0.3 is 14.8 Å². The van der Waals surface area contributed by atoms with Crippen molar-refractivity contribution >= 4 is 17.5 Å². The van der Waals surface area contributed by atoms with Gasteiger partial charge in [-0.25, -0.2) is 0 Å². The van der Waals surface area contributed by atoms with Gasteiger partial charge >= 0.3 is 0 Å². The van der Waals surface area contributed by atoms with E-state index in [0.29, 0.717) is 23.9 Å². The number of carbonyl (C=O) groups excluding carboxylic acids is 1. The second kappa shape index (κ2) is 7.92. The second-order valence-corrected chi connectivity index (χ2v) is 3.88. The zero-order chi connectivity index (χ0) is 12.5. The molecule has 1 N–H and O–H groups in total. The molecular formula is C12H16ClNO3. The molecule has 0 aliphatic heterocycles. The van der Waals surface area contributed by atoms with Crippen LogP contribution in [-0.2, 0) is 9.53 Å². The van der Waals surface area contributed by atoms with Crippen LogP contribution in [-0.4, -0.2) is 32.8 Å². The zero-order valence-corrected chi connectivity index (χ0v) is 10.5. The van der Waals surface area contributed by atoms with E-state index in [0.717, 1.165) is 6.42 Å². The molecular weight excluding hydrogens is 242 g/mol. The molecule has 0 saturated heterocycles. The highest BCUT2D eigenvalue weighted by Gasteiger charge is 2.02. The fourth-order valence-corrected chi connectivity index (χ4v) is 1.38. The van der Waals surface area contributed by atoms with Crippen molar-refractivity contribution in [1.82, 2.24) is 5.32 Å². The molecule has 0 aromatic heterocycles. The van der Waals surface area contributed by atoms with Crippen LogP contribution in [0.5, 0.6) is 5.75 Å². The molecule has 1 aromatic carbocycles. The minimum Gasteiger partial charge on any atom is -0.484 e. The van der Waals surface area contributed by atoms with Crippen molar-refractivity contribution in [2.45, 2.75) is 6.42 Å². The van der Waals surface area contributed by atoms with Gasteiger partial charge in [-0.2, -0.15) is 0 Å².